The maximum Gasteiger partial charge on any atom is 0.322 e. The fraction of sp³-hybridized carbons (Fsp3) is 0.625. The van der Waals surface area contributed by atoms with Crippen molar-refractivity contribution in [3.05, 3.63) is 30.0 Å². The molecular formula is C24H38N4O. The summed E-state index contributed by atoms with van der Waals surface area (Å²) < 4.78 is 0. The molecule has 1 saturated heterocycles. The number of nitrogens with zero attached hydrogens (tertiary/aromatic N) is 2. The van der Waals surface area contributed by atoms with Crippen LogP contribution in [0.15, 0.2) is 24.4 Å². The highest BCUT2D eigenvalue weighted by Crippen LogP contribution is 2.34. The first-order valence-corrected chi connectivity index (χ1v) is 11.3. The maximum absolute atomic E-state index is 12.8. The number of urea groups is 1. The van der Waals surface area contributed by atoms with Gasteiger partial charge in [0.25, 0.3) is 0 Å². The average molecular weight is 399 g/mol. The number of nitrogens with one attached hydrogen (secondary N) is 2. The summed E-state index contributed by atoms with van der Waals surface area (Å²) in [6.07, 6.45) is 7.16. The molecule has 0 aliphatic carbocycles. The number of likely N-dealkylation sites (tertiary alicyclic amines) is 1. The molecule has 2 heterocycles. The molecule has 29 heavy (non-hydrogen) atoms. The van der Waals surface area contributed by atoms with E-state index in [0.29, 0.717) is 5.92 Å². The quantitative estimate of drug-likeness (QED) is 0.619. The smallest absolute Gasteiger partial charge is 0.322 e. The molecule has 0 unspecified atom stereocenters. The van der Waals surface area contributed by atoms with E-state index in [1.165, 1.54) is 56.3 Å². The third-order valence-corrected chi connectivity index (χ3v) is 6.17. The number of hydrogen-bond donors (Lipinski definition) is 2. The topological polar surface area (TPSA) is 51.4 Å². The molecular weight excluding hydrogens is 360 g/mol. The Morgan fingerprint density at radius 1 is 1.21 bits per heavy atom. The molecule has 2 aromatic rings. The summed E-state index contributed by atoms with van der Waals surface area (Å²) in [5.74, 6) is 0.593. The first-order chi connectivity index (χ1) is 13.9. The molecule has 0 radical (unpaired) electrons. The second kappa shape index (κ2) is 9.66. The minimum atomic E-state index is -0.0318. The van der Waals surface area contributed by atoms with E-state index < -0.39 is 0 Å². The maximum atomic E-state index is 12.8. The number of fused-ring (bicyclic) bond motifs is 1. The van der Waals surface area contributed by atoms with Gasteiger partial charge in [-0.05, 0) is 96.3 Å². The number of anilines is 1. The summed E-state index contributed by atoms with van der Waals surface area (Å²) in [5.41, 5.74) is 3.42. The lowest BCUT2D eigenvalue weighted by molar-refractivity contribution is 0.178. The van der Waals surface area contributed by atoms with Gasteiger partial charge in [0.15, 0.2) is 0 Å². The summed E-state index contributed by atoms with van der Waals surface area (Å²) in [7, 11) is 0. The molecule has 1 aromatic carbocycles. The number of carbonyl (C=O) groups excluding carboxylic acids is 1. The van der Waals surface area contributed by atoms with Gasteiger partial charge in [0.05, 0.1) is 0 Å². The number of unbranched alkanes of at least 4 members (excludes halogenated alkanes) is 1. The van der Waals surface area contributed by atoms with Gasteiger partial charge >= 0.3 is 6.03 Å². The highest BCUT2D eigenvalue weighted by molar-refractivity contribution is 5.94. The van der Waals surface area contributed by atoms with Crippen molar-refractivity contribution in [2.75, 3.05) is 25.0 Å². The number of rotatable bonds is 7. The molecule has 160 valence electrons. The number of benzene rings is 1. The number of H-pyrrole nitrogens is 1. The lowest BCUT2D eigenvalue weighted by Crippen LogP contribution is -2.44. The van der Waals surface area contributed by atoms with Crippen LogP contribution in [0.4, 0.5) is 10.5 Å². The van der Waals surface area contributed by atoms with Crippen LogP contribution in [0.2, 0.25) is 0 Å². The Balaban J connectivity index is 1.73. The van der Waals surface area contributed by atoms with Crippen molar-refractivity contribution >= 4 is 22.6 Å². The molecule has 0 saturated carbocycles. The van der Waals surface area contributed by atoms with Crippen LogP contribution in [0, 0.1) is 0 Å². The molecule has 0 atom stereocenters. The summed E-state index contributed by atoms with van der Waals surface area (Å²) >= 11 is 0. The molecule has 5 nitrogen and oxygen atoms in total. The van der Waals surface area contributed by atoms with Gasteiger partial charge in [-0.25, -0.2) is 4.79 Å². The monoisotopic (exact) mass is 398 g/mol. The van der Waals surface area contributed by atoms with Crippen LogP contribution < -0.4 is 5.32 Å². The molecule has 1 aromatic heterocycles. The van der Waals surface area contributed by atoms with Gasteiger partial charge in [0.1, 0.15) is 0 Å². The van der Waals surface area contributed by atoms with Crippen molar-refractivity contribution in [3.8, 4) is 0 Å². The van der Waals surface area contributed by atoms with Crippen LogP contribution in [0.3, 0.4) is 0 Å². The Kier molecular flexibility index (Phi) is 7.23. The molecule has 0 spiro atoms. The van der Waals surface area contributed by atoms with Gasteiger partial charge in [-0.3, -0.25) is 0 Å². The van der Waals surface area contributed by atoms with Crippen molar-refractivity contribution in [1.29, 1.82) is 0 Å². The zero-order valence-corrected chi connectivity index (χ0v) is 18.8. The standard InChI is InChI=1S/C24H38N4O/c1-6-7-12-27-13-10-19(11-14-27)22-16-25-23-9-8-20(15-21(22)23)26-24(29)28(17(2)3)18(4)5/h8-9,15-19,25H,6-7,10-14H2,1-5H3,(H,26,29). The van der Waals surface area contributed by atoms with Gasteiger partial charge in [0.2, 0.25) is 0 Å². The van der Waals surface area contributed by atoms with Crippen LogP contribution in [0.5, 0.6) is 0 Å². The van der Waals surface area contributed by atoms with Crippen molar-refractivity contribution in [2.24, 2.45) is 0 Å². The Morgan fingerprint density at radius 2 is 1.90 bits per heavy atom. The van der Waals surface area contributed by atoms with Crippen LogP contribution in [0.25, 0.3) is 10.9 Å². The third-order valence-electron chi connectivity index (χ3n) is 6.17. The zero-order valence-electron chi connectivity index (χ0n) is 18.8. The van der Waals surface area contributed by atoms with Crippen molar-refractivity contribution in [3.63, 3.8) is 0 Å². The second-order valence-electron chi connectivity index (χ2n) is 9.00. The van der Waals surface area contributed by atoms with Crippen molar-refractivity contribution in [2.45, 2.75) is 78.3 Å². The Bertz CT molecular complexity index is 794. The van der Waals surface area contributed by atoms with Gasteiger partial charge in [-0.2, -0.15) is 0 Å². The molecule has 1 aliphatic heterocycles. The van der Waals surface area contributed by atoms with Gasteiger partial charge in [-0.1, -0.05) is 13.3 Å². The minimum absolute atomic E-state index is 0.0318. The number of aromatic amines is 1. The van der Waals surface area contributed by atoms with E-state index in [0.717, 1.165) is 11.2 Å². The number of piperidine rings is 1. The van der Waals surface area contributed by atoms with E-state index in [9.17, 15) is 4.79 Å². The van der Waals surface area contributed by atoms with E-state index in [1.807, 2.05) is 11.0 Å². The summed E-state index contributed by atoms with van der Waals surface area (Å²) in [5, 5.41) is 4.36. The van der Waals surface area contributed by atoms with E-state index >= 15 is 0 Å². The van der Waals surface area contributed by atoms with Gasteiger partial charge < -0.3 is 20.1 Å². The Hall–Kier alpha value is -2.01. The minimum Gasteiger partial charge on any atom is -0.361 e. The van der Waals surface area contributed by atoms with E-state index in [4.69, 9.17) is 0 Å². The van der Waals surface area contributed by atoms with Crippen LogP contribution in [0.1, 0.15) is 71.8 Å². The van der Waals surface area contributed by atoms with Crippen LogP contribution >= 0.6 is 0 Å². The number of amides is 2. The molecule has 2 amide bonds. The largest absolute Gasteiger partial charge is 0.361 e. The highest BCUT2D eigenvalue weighted by atomic mass is 16.2. The van der Waals surface area contributed by atoms with Crippen molar-refractivity contribution < 1.29 is 4.79 Å². The lowest BCUT2D eigenvalue weighted by Gasteiger charge is -2.32. The lowest BCUT2D eigenvalue weighted by atomic mass is 9.89. The summed E-state index contributed by atoms with van der Waals surface area (Å²) in [6.45, 7) is 14.1. The zero-order chi connectivity index (χ0) is 21.0. The summed E-state index contributed by atoms with van der Waals surface area (Å²) in [4.78, 5) is 20.7. The van der Waals surface area contributed by atoms with Gasteiger partial charge in [-0.15, -0.1) is 0 Å². The fourth-order valence-corrected chi connectivity index (χ4v) is 4.66. The normalized spacial score (nSPS) is 16.1. The first-order valence-electron chi connectivity index (χ1n) is 11.3. The second-order valence-corrected chi connectivity index (χ2v) is 9.00. The molecule has 5 heteroatoms. The number of aromatic nitrogens is 1. The average Bonchev–Trinajstić information content (AvgIpc) is 3.09. The molecule has 1 fully saturated rings. The highest BCUT2D eigenvalue weighted by Gasteiger charge is 2.23. The van der Waals surface area contributed by atoms with Crippen molar-refractivity contribution in [1.82, 2.24) is 14.8 Å². The van der Waals surface area contributed by atoms with E-state index in [2.05, 4.69) is 68.1 Å². The summed E-state index contributed by atoms with van der Waals surface area (Å²) in [6, 6.07) is 6.52. The Labute approximate surface area is 175 Å². The molecule has 1 aliphatic rings. The predicted molar refractivity (Wildman–Crippen MR) is 123 cm³/mol. The van der Waals surface area contributed by atoms with E-state index in [-0.39, 0.29) is 18.1 Å². The molecule has 3 rings (SSSR count). The Morgan fingerprint density at radius 3 is 2.52 bits per heavy atom. The third kappa shape index (κ3) is 5.13. The van der Waals surface area contributed by atoms with E-state index in [1.54, 1.807) is 0 Å². The number of hydrogen-bond acceptors (Lipinski definition) is 2. The van der Waals surface area contributed by atoms with Crippen LogP contribution in [-0.2, 0) is 0 Å². The first kappa shape index (κ1) is 21.7. The van der Waals surface area contributed by atoms with Crippen LogP contribution in [-0.4, -0.2) is 52.5 Å². The molecule has 2 N–H and O–H groups in total. The molecule has 0 bridgehead atoms. The predicted octanol–water partition coefficient (Wildman–Crippen LogP) is 5.80. The fourth-order valence-electron chi connectivity index (χ4n) is 4.66. The SMILES string of the molecule is CCCCN1CCC(c2c[nH]c3ccc(NC(=O)N(C(C)C)C(C)C)cc23)CC1. The van der Waals surface area contributed by atoms with Gasteiger partial charge in [0, 0.05) is 34.9 Å². The number of carbonyl (C=O) groups is 1.